The summed E-state index contributed by atoms with van der Waals surface area (Å²) in [6.07, 6.45) is 6.31. The Balaban J connectivity index is 1.62. The van der Waals surface area contributed by atoms with Gasteiger partial charge in [-0.3, -0.25) is 0 Å². The molecule has 3 heterocycles. The van der Waals surface area contributed by atoms with Crippen LogP contribution in [-0.4, -0.2) is 38.8 Å². The van der Waals surface area contributed by atoms with Crippen LogP contribution < -0.4 is 0 Å². The van der Waals surface area contributed by atoms with Gasteiger partial charge in [0.25, 0.3) is 0 Å². The summed E-state index contributed by atoms with van der Waals surface area (Å²) in [6.45, 7) is 10.5. The lowest BCUT2D eigenvalue weighted by atomic mass is 9.92. The third-order valence-electron chi connectivity index (χ3n) is 5.17. The van der Waals surface area contributed by atoms with Crippen molar-refractivity contribution in [2.24, 2.45) is 5.92 Å². The summed E-state index contributed by atoms with van der Waals surface area (Å²) in [5.74, 6) is 3.86. The number of aromatic nitrogens is 3. The number of rotatable bonds is 3. The lowest BCUT2D eigenvalue weighted by Crippen LogP contribution is -2.39. The van der Waals surface area contributed by atoms with Crippen LogP contribution in [0.15, 0.2) is 0 Å². The van der Waals surface area contributed by atoms with Crippen molar-refractivity contribution in [2.45, 2.75) is 71.4 Å². The van der Waals surface area contributed by atoms with E-state index in [4.69, 9.17) is 0 Å². The van der Waals surface area contributed by atoms with Crippen LogP contribution >= 0.6 is 0 Å². The number of hydrogen-bond acceptors (Lipinski definition) is 3. The van der Waals surface area contributed by atoms with E-state index >= 15 is 0 Å². The molecule has 0 radical (unpaired) electrons. The quantitative estimate of drug-likeness (QED) is 0.851. The average Bonchev–Trinajstić information content (AvgIpc) is 2.84. The van der Waals surface area contributed by atoms with E-state index in [9.17, 15) is 0 Å². The third-order valence-corrected chi connectivity index (χ3v) is 5.17. The SMILES string of the molecule is CC1CCCn2c(CC3CCN(C(C)C)CC3)nnc21. The molecule has 3 rings (SSSR count). The van der Waals surface area contributed by atoms with Gasteiger partial charge in [0.15, 0.2) is 0 Å². The Morgan fingerprint density at radius 1 is 1.10 bits per heavy atom. The van der Waals surface area contributed by atoms with E-state index < -0.39 is 0 Å². The monoisotopic (exact) mass is 276 g/mol. The van der Waals surface area contributed by atoms with E-state index in [0.29, 0.717) is 12.0 Å². The van der Waals surface area contributed by atoms with Crippen LogP contribution in [-0.2, 0) is 13.0 Å². The van der Waals surface area contributed by atoms with Crippen LogP contribution in [0.4, 0.5) is 0 Å². The molecular weight excluding hydrogens is 248 g/mol. The highest BCUT2D eigenvalue weighted by molar-refractivity contribution is 5.04. The fraction of sp³-hybridized carbons (Fsp3) is 0.875. The lowest BCUT2D eigenvalue weighted by molar-refractivity contribution is 0.148. The van der Waals surface area contributed by atoms with Gasteiger partial charge in [-0.1, -0.05) is 6.92 Å². The predicted octanol–water partition coefficient (Wildman–Crippen LogP) is 2.84. The van der Waals surface area contributed by atoms with Gasteiger partial charge in [-0.25, -0.2) is 0 Å². The Morgan fingerprint density at radius 2 is 1.85 bits per heavy atom. The van der Waals surface area contributed by atoms with Gasteiger partial charge in [0.2, 0.25) is 0 Å². The molecule has 1 aromatic heterocycles. The first-order valence-corrected chi connectivity index (χ1v) is 8.31. The molecule has 4 nitrogen and oxygen atoms in total. The molecule has 0 amide bonds. The van der Waals surface area contributed by atoms with E-state index in [1.54, 1.807) is 0 Å². The molecule has 0 bridgehead atoms. The van der Waals surface area contributed by atoms with E-state index in [1.165, 1.54) is 50.4 Å². The predicted molar refractivity (Wildman–Crippen MR) is 80.8 cm³/mol. The van der Waals surface area contributed by atoms with Crippen LogP contribution in [0, 0.1) is 5.92 Å². The van der Waals surface area contributed by atoms with Crippen molar-refractivity contribution in [1.82, 2.24) is 19.7 Å². The minimum absolute atomic E-state index is 0.591. The molecule has 2 aliphatic rings. The first-order valence-electron chi connectivity index (χ1n) is 8.31. The standard InChI is InChI=1S/C16H28N4/c1-12(2)19-9-6-14(7-10-19)11-15-17-18-16-13(3)5-4-8-20(15)16/h12-14H,4-11H2,1-3H3. The molecule has 2 aliphatic heterocycles. The second-order valence-corrected chi connectivity index (χ2v) is 6.95. The summed E-state index contributed by atoms with van der Waals surface area (Å²) in [7, 11) is 0. The molecule has 20 heavy (non-hydrogen) atoms. The summed E-state index contributed by atoms with van der Waals surface area (Å²) >= 11 is 0. The molecule has 1 saturated heterocycles. The van der Waals surface area contributed by atoms with E-state index in [2.05, 4.69) is 40.4 Å². The Bertz CT molecular complexity index is 443. The molecule has 0 N–H and O–H groups in total. The topological polar surface area (TPSA) is 34.0 Å². The fourth-order valence-corrected chi connectivity index (χ4v) is 3.72. The second-order valence-electron chi connectivity index (χ2n) is 6.95. The van der Waals surface area contributed by atoms with E-state index in [1.807, 2.05) is 0 Å². The number of likely N-dealkylation sites (tertiary alicyclic amines) is 1. The van der Waals surface area contributed by atoms with Gasteiger partial charge in [0.05, 0.1) is 0 Å². The van der Waals surface area contributed by atoms with Gasteiger partial charge in [-0.2, -0.15) is 0 Å². The Labute approximate surface area is 122 Å². The highest BCUT2D eigenvalue weighted by Gasteiger charge is 2.26. The van der Waals surface area contributed by atoms with Crippen molar-refractivity contribution in [1.29, 1.82) is 0 Å². The number of hydrogen-bond donors (Lipinski definition) is 0. The molecule has 1 fully saturated rings. The fourth-order valence-electron chi connectivity index (χ4n) is 3.72. The van der Waals surface area contributed by atoms with Crippen molar-refractivity contribution in [3.63, 3.8) is 0 Å². The maximum Gasteiger partial charge on any atom is 0.135 e. The largest absolute Gasteiger partial charge is 0.315 e. The molecule has 0 aromatic carbocycles. The normalized spacial score (nSPS) is 25.1. The van der Waals surface area contributed by atoms with Crippen molar-refractivity contribution in [3.05, 3.63) is 11.6 Å². The Morgan fingerprint density at radius 3 is 2.55 bits per heavy atom. The zero-order valence-corrected chi connectivity index (χ0v) is 13.2. The molecule has 1 aromatic rings. The molecule has 1 unspecified atom stereocenters. The first-order chi connectivity index (χ1) is 9.65. The molecular formula is C16H28N4. The van der Waals surface area contributed by atoms with E-state index in [0.717, 1.165) is 18.9 Å². The minimum atomic E-state index is 0.591. The van der Waals surface area contributed by atoms with E-state index in [-0.39, 0.29) is 0 Å². The average molecular weight is 276 g/mol. The van der Waals surface area contributed by atoms with Gasteiger partial charge in [-0.15, -0.1) is 10.2 Å². The molecule has 4 heteroatoms. The summed E-state index contributed by atoms with van der Waals surface area (Å²) in [5.41, 5.74) is 0. The smallest absolute Gasteiger partial charge is 0.135 e. The minimum Gasteiger partial charge on any atom is -0.315 e. The summed E-state index contributed by atoms with van der Waals surface area (Å²) in [4.78, 5) is 2.60. The summed E-state index contributed by atoms with van der Waals surface area (Å²) in [6, 6.07) is 0.692. The maximum absolute atomic E-state index is 4.50. The second kappa shape index (κ2) is 5.84. The van der Waals surface area contributed by atoms with Crippen molar-refractivity contribution >= 4 is 0 Å². The highest BCUT2D eigenvalue weighted by atomic mass is 15.3. The molecule has 0 aliphatic carbocycles. The van der Waals surface area contributed by atoms with Gasteiger partial charge in [-0.05, 0) is 58.5 Å². The highest BCUT2D eigenvalue weighted by Crippen LogP contribution is 2.28. The summed E-state index contributed by atoms with van der Waals surface area (Å²) in [5, 5.41) is 8.94. The number of piperidine rings is 1. The van der Waals surface area contributed by atoms with Crippen molar-refractivity contribution in [3.8, 4) is 0 Å². The molecule has 0 spiro atoms. The maximum atomic E-state index is 4.50. The van der Waals surface area contributed by atoms with Gasteiger partial charge >= 0.3 is 0 Å². The van der Waals surface area contributed by atoms with Crippen molar-refractivity contribution in [2.75, 3.05) is 13.1 Å². The number of fused-ring (bicyclic) bond motifs is 1. The lowest BCUT2D eigenvalue weighted by Gasteiger charge is -2.34. The van der Waals surface area contributed by atoms with Crippen LogP contribution in [0.3, 0.4) is 0 Å². The van der Waals surface area contributed by atoms with Crippen LogP contribution in [0.25, 0.3) is 0 Å². The third kappa shape index (κ3) is 2.76. The molecule has 112 valence electrons. The zero-order valence-electron chi connectivity index (χ0n) is 13.2. The van der Waals surface area contributed by atoms with Crippen molar-refractivity contribution < 1.29 is 0 Å². The number of nitrogens with zero attached hydrogens (tertiary/aromatic N) is 4. The van der Waals surface area contributed by atoms with Gasteiger partial charge in [0, 0.05) is 24.9 Å². The molecule has 0 saturated carbocycles. The van der Waals surface area contributed by atoms with Crippen LogP contribution in [0.5, 0.6) is 0 Å². The Hall–Kier alpha value is -0.900. The van der Waals surface area contributed by atoms with Gasteiger partial charge < -0.3 is 9.47 Å². The van der Waals surface area contributed by atoms with Crippen LogP contribution in [0.2, 0.25) is 0 Å². The first kappa shape index (κ1) is 14.1. The summed E-state index contributed by atoms with van der Waals surface area (Å²) < 4.78 is 2.41. The van der Waals surface area contributed by atoms with Crippen LogP contribution in [0.1, 0.15) is 64.0 Å². The Kier molecular flexibility index (Phi) is 4.11. The zero-order chi connectivity index (χ0) is 14.1. The van der Waals surface area contributed by atoms with Gasteiger partial charge in [0.1, 0.15) is 11.6 Å². The molecule has 1 atom stereocenters.